The van der Waals surface area contributed by atoms with E-state index in [1.54, 1.807) is 24.1 Å². The number of hydrogen-bond acceptors (Lipinski definition) is 3. The van der Waals surface area contributed by atoms with Gasteiger partial charge in [-0.05, 0) is 40.8 Å². The Kier molecular flexibility index (Phi) is 4.18. The molecule has 3 aromatic rings. The predicted octanol–water partition coefficient (Wildman–Crippen LogP) is 2.85. The van der Waals surface area contributed by atoms with Crippen molar-refractivity contribution in [1.29, 1.82) is 0 Å². The molecule has 3 N–H and O–H groups in total. The molecule has 6 heteroatoms. The van der Waals surface area contributed by atoms with Crippen molar-refractivity contribution in [3.05, 3.63) is 71.5 Å². The third-order valence-electron chi connectivity index (χ3n) is 4.62. The van der Waals surface area contributed by atoms with Gasteiger partial charge < -0.3 is 15.7 Å². The molecule has 1 heterocycles. The minimum atomic E-state index is -0.788. The van der Waals surface area contributed by atoms with Crippen LogP contribution in [0.4, 0.5) is 10.5 Å². The fraction of sp³-hybridized carbons (Fsp3) is 0.200. The molecule has 2 aromatic carbocycles. The van der Waals surface area contributed by atoms with E-state index in [-0.39, 0.29) is 12.6 Å². The number of aliphatic hydroxyl groups is 1. The number of aromatic nitrogens is 2. The van der Waals surface area contributed by atoms with Crippen LogP contribution in [-0.4, -0.2) is 27.5 Å². The van der Waals surface area contributed by atoms with E-state index >= 15 is 0 Å². The smallest absolute Gasteiger partial charge is 0.319 e. The van der Waals surface area contributed by atoms with E-state index in [0.717, 1.165) is 12.1 Å². The zero-order valence-corrected chi connectivity index (χ0v) is 14.4. The Hall–Kier alpha value is -3.12. The summed E-state index contributed by atoms with van der Waals surface area (Å²) in [7, 11) is 1.78. The summed E-state index contributed by atoms with van der Waals surface area (Å²) in [6, 6.07) is 14.0. The number of benzene rings is 2. The Labute approximate surface area is 151 Å². The zero-order chi connectivity index (χ0) is 18.1. The van der Waals surface area contributed by atoms with Crippen LogP contribution in [0.15, 0.2) is 54.9 Å². The number of fused-ring (bicyclic) bond motifs is 3. The van der Waals surface area contributed by atoms with Crippen molar-refractivity contribution in [3.8, 4) is 11.1 Å². The molecule has 0 radical (unpaired) electrons. The first-order valence-electron chi connectivity index (χ1n) is 8.53. The van der Waals surface area contributed by atoms with Crippen LogP contribution in [0.5, 0.6) is 0 Å². The van der Waals surface area contributed by atoms with Crippen LogP contribution in [-0.2, 0) is 13.5 Å². The van der Waals surface area contributed by atoms with E-state index in [0.29, 0.717) is 5.56 Å². The van der Waals surface area contributed by atoms with Gasteiger partial charge in [0.2, 0.25) is 0 Å². The van der Waals surface area contributed by atoms with Gasteiger partial charge in [0.05, 0.1) is 12.3 Å². The molecule has 0 bridgehead atoms. The molecule has 0 saturated heterocycles. The minimum absolute atomic E-state index is 0.119. The van der Waals surface area contributed by atoms with Crippen LogP contribution in [0.3, 0.4) is 0 Å². The van der Waals surface area contributed by atoms with Crippen LogP contribution in [0.25, 0.3) is 11.1 Å². The summed E-state index contributed by atoms with van der Waals surface area (Å²) >= 11 is 0. The van der Waals surface area contributed by atoms with Gasteiger partial charge in [0, 0.05) is 31.0 Å². The Morgan fingerprint density at radius 3 is 2.85 bits per heavy atom. The first-order chi connectivity index (χ1) is 12.6. The van der Waals surface area contributed by atoms with Gasteiger partial charge in [0.25, 0.3) is 0 Å². The van der Waals surface area contributed by atoms with Gasteiger partial charge in [0.15, 0.2) is 0 Å². The fourth-order valence-electron chi connectivity index (χ4n) is 3.32. The molecule has 26 heavy (non-hydrogen) atoms. The van der Waals surface area contributed by atoms with Gasteiger partial charge in [-0.1, -0.05) is 30.3 Å². The lowest BCUT2D eigenvalue weighted by atomic mass is 10.1. The Balaban J connectivity index is 1.37. The summed E-state index contributed by atoms with van der Waals surface area (Å²) in [6.45, 7) is 0.119. The van der Waals surface area contributed by atoms with Crippen molar-refractivity contribution in [3.63, 3.8) is 0 Å². The average Bonchev–Trinajstić information content (AvgIpc) is 3.22. The van der Waals surface area contributed by atoms with Crippen molar-refractivity contribution < 1.29 is 9.90 Å². The Morgan fingerprint density at radius 1 is 1.23 bits per heavy atom. The minimum Gasteiger partial charge on any atom is -0.386 e. The fourth-order valence-corrected chi connectivity index (χ4v) is 3.32. The molecule has 4 rings (SSSR count). The molecule has 1 aromatic heterocycles. The maximum Gasteiger partial charge on any atom is 0.319 e. The van der Waals surface area contributed by atoms with Gasteiger partial charge in [-0.15, -0.1) is 0 Å². The lowest BCUT2D eigenvalue weighted by Gasteiger charge is -2.12. The lowest BCUT2D eigenvalue weighted by Crippen LogP contribution is -2.32. The number of aliphatic hydroxyl groups excluding tert-OH is 1. The van der Waals surface area contributed by atoms with E-state index in [4.69, 9.17) is 0 Å². The number of hydrogen-bond donors (Lipinski definition) is 3. The van der Waals surface area contributed by atoms with E-state index in [2.05, 4.69) is 27.9 Å². The van der Waals surface area contributed by atoms with Crippen molar-refractivity contribution in [2.75, 3.05) is 11.9 Å². The van der Waals surface area contributed by atoms with Crippen molar-refractivity contribution in [1.82, 2.24) is 15.1 Å². The molecule has 1 atom stereocenters. The average molecular weight is 348 g/mol. The summed E-state index contributed by atoms with van der Waals surface area (Å²) in [5.74, 6) is 0. The molecule has 2 amide bonds. The molecule has 0 saturated carbocycles. The van der Waals surface area contributed by atoms with Crippen LogP contribution in [0.1, 0.15) is 22.8 Å². The second-order valence-corrected chi connectivity index (χ2v) is 6.50. The molecule has 6 nitrogen and oxygen atoms in total. The zero-order valence-electron chi connectivity index (χ0n) is 14.4. The molecule has 1 aliphatic rings. The molecular weight excluding hydrogens is 328 g/mol. The summed E-state index contributed by atoms with van der Waals surface area (Å²) < 4.78 is 1.61. The number of amides is 2. The van der Waals surface area contributed by atoms with Gasteiger partial charge in [-0.3, -0.25) is 4.68 Å². The first kappa shape index (κ1) is 16.4. The molecule has 0 aliphatic heterocycles. The quantitative estimate of drug-likeness (QED) is 0.531. The highest BCUT2D eigenvalue weighted by Crippen LogP contribution is 2.37. The summed E-state index contributed by atoms with van der Waals surface area (Å²) in [5, 5.41) is 19.6. The Bertz CT molecular complexity index is 964. The molecule has 0 spiro atoms. The van der Waals surface area contributed by atoms with E-state index in [9.17, 15) is 9.90 Å². The van der Waals surface area contributed by atoms with Crippen molar-refractivity contribution in [2.45, 2.75) is 12.5 Å². The van der Waals surface area contributed by atoms with E-state index in [1.165, 1.54) is 22.3 Å². The van der Waals surface area contributed by atoms with E-state index < -0.39 is 6.10 Å². The number of urea groups is 1. The molecule has 1 aliphatic carbocycles. The highest BCUT2D eigenvalue weighted by molar-refractivity contribution is 5.90. The first-order valence-corrected chi connectivity index (χ1v) is 8.53. The summed E-state index contributed by atoms with van der Waals surface area (Å²) in [4.78, 5) is 12.1. The van der Waals surface area contributed by atoms with Crippen molar-refractivity contribution >= 4 is 11.7 Å². The number of rotatable bonds is 4. The van der Waals surface area contributed by atoms with Gasteiger partial charge in [-0.25, -0.2) is 4.79 Å². The maximum absolute atomic E-state index is 12.1. The van der Waals surface area contributed by atoms with Crippen LogP contribution in [0.2, 0.25) is 0 Å². The monoisotopic (exact) mass is 348 g/mol. The van der Waals surface area contributed by atoms with E-state index in [1.807, 2.05) is 30.3 Å². The molecule has 132 valence electrons. The SMILES string of the molecule is Cn1cc([C@@H](O)CNC(=O)Nc2ccc3c(c2)Cc2ccccc2-3)cn1. The second kappa shape index (κ2) is 6.65. The lowest BCUT2D eigenvalue weighted by molar-refractivity contribution is 0.175. The maximum atomic E-state index is 12.1. The highest BCUT2D eigenvalue weighted by Gasteiger charge is 2.18. The number of carbonyl (C=O) groups excluding carboxylic acids is 1. The van der Waals surface area contributed by atoms with Crippen molar-refractivity contribution in [2.24, 2.45) is 7.05 Å². The van der Waals surface area contributed by atoms with Crippen LogP contribution >= 0.6 is 0 Å². The predicted molar refractivity (Wildman–Crippen MR) is 99.9 cm³/mol. The Morgan fingerprint density at radius 2 is 2.04 bits per heavy atom. The standard InChI is InChI=1S/C20H20N4O2/c1-24-12-15(10-22-24)19(25)11-21-20(26)23-16-6-7-18-14(9-16)8-13-4-2-3-5-17(13)18/h2-7,9-10,12,19,25H,8,11H2,1H3,(H2,21,23,26)/t19-/m0/s1. The van der Waals surface area contributed by atoms with Crippen LogP contribution in [0, 0.1) is 0 Å². The summed E-state index contributed by atoms with van der Waals surface area (Å²) in [6.07, 6.45) is 3.40. The molecular formula is C20H20N4O2. The normalized spacial score (nSPS) is 13.0. The third-order valence-corrected chi connectivity index (χ3v) is 4.62. The number of nitrogens with one attached hydrogen (secondary N) is 2. The number of anilines is 1. The molecule has 0 unspecified atom stereocenters. The topological polar surface area (TPSA) is 79.2 Å². The number of nitrogens with zero attached hydrogens (tertiary/aromatic N) is 2. The summed E-state index contributed by atoms with van der Waals surface area (Å²) in [5.41, 5.74) is 6.41. The van der Waals surface area contributed by atoms with Crippen LogP contribution < -0.4 is 10.6 Å². The van der Waals surface area contributed by atoms with Gasteiger partial charge >= 0.3 is 6.03 Å². The molecule has 0 fully saturated rings. The number of aryl methyl sites for hydroxylation is 1. The van der Waals surface area contributed by atoms with Gasteiger partial charge in [-0.2, -0.15) is 5.10 Å². The second-order valence-electron chi connectivity index (χ2n) is 6.50. The largest absolute Gasteiger partial charge is 0.386 e. The highest BCUT2D eigenvalue weighted by atomic mass is 16.3. The number of carbonyl (C=O) groups is 1. The van der Waals surface area contributed by atoms with Gasteiger partial charge in [0.1, 0.15) is 0 Å². The third kappa shape index (κ3) is 3.19.